The number of hydrogen-bond acceptors (Lipinski definition) is 1. The van der Waals surface area contributed by atoms with Gasteiger partial charge in [0.25, 0.3) is 0 Å². The highest BCUT2D eigenvalue weighted by molar-refractivity contribution is 6.66. The maximum Gasteiger partial charge on any atom is 0.245 e. The van der Waals surface area contributed by atoms with Crippen LogP contribution in [-0.2, 0) is 4.79 Å². The van der Waals surface area contributed by atoms with Gasteiger partial charge >= 0.3 is 0 Å². The van der Waals surface area contributed by atoms with Gasteiger partial charge in [-0.3, -0.25) is 4.79 Å². The third-order valence-electron chi connectivity index (χ3n) is 2.50. The summed E-state index contributed by atoms with van der Waals surface area (Å²) in [5.74, 6) is 1.49. The molecule has 0 spiro atoms. The van der Waals surface area contributed by atoms with E-state index in [2.05, 4.69) is 26.8 Å². The molecule has 1 atom stereocenters. The Morgan fingerprint density at radius 1 is 1.25 bits per heavy atom. The van der Waals surface area contributed by atoms with Gasteiger partial charge in [-0.25, -0.2) is 0 Å². The summed E-state index contributed by atoms with van der Waals surface area (Å²) >= 11 is 5.25. The van der Waals surface area contributed by atoms with Crippen molar-refractivity contribution in [3.8, 4) is 0 Å². The van der Waals surface area contributed by atoms with E-state index in [4.69, 9.17) is 11.6 Å². The van der Waals surface area contributed by atoms with Crippen LogP contribution in [0.2, 0.25) is 0 Å². The molecule has 0 radical (unpaired) electrons. The first kappa shape index (κ1) is 15.4. The SMILES string of the molecule is CC(C=CCC(C)CCC(C)C)=CC(=O)Cl. The molecule has 0 bridgehead atoms. The molecule has 0 fully saturated rings. The molecular weight excluding hydrogens is 220 g/mol. The lowest BCUT2D eigenvalue weighted by molar-refractivity contribution is -0.107. The van der Waals surface area contributed by atoms with Gasteiger partial charge in [0.1, 0.15) is 0 Å². The molecule has 1 unspecified atom stereocenters. The van der Waals surface area contributed by atoms with E-state index in [0.717, 1.165) is 17.9 Å². The van der Waals surface area contributed by atoms with E-state index in [1.54, 1.807) is 0 Å². The Labute approximate surface area is 105 Å². The van der Waals surface area contributed by atoms with Crippen molar-refractivity contribution in [2.24, 2.45) is 11.8 Å². The van der Waals surface area contributed by atoms with Gasteiger partial charge in [-0.1, -0.05) is 45.8 Å². The Kier molecular flexibility index (Phi) is 8.28. The van der Waals surface area contributed by atoms with Crippen molar-refractivity contribution in [1.82, 2.24) is 0 Å². The highest BCUT2D eigenvalue weighted by atomic mass is 35.5. The first-order valence-electron chi connectivity index (χ1n) is 5.96. The van der Waals surface area contributed by atoms with Crippen LogP contribution in [0, 0.1) is 11.8 Å². The Hall–Kier alpha value is -0.560. The second-order valence-corrected chi connectivity index (χ2v) is 5.28. The normalized spacial score (nSPS) is 14.8. The highest BCUT2D eigenvalue weighted by Crippen LogP contribution is 2.15. The van der Waals surface area contributed by atoms with Crippen LogP contribution in [0.25, 0.3) is 0 Å². The lowest BCUT2D eigenvalue weighted by Gasteiger charge is -2.10. The van der Waals surface area contributed by atoms with E-state index in [0.29, 0.717) is 5.92 Å². The third-order valence-corrected chi connectivity index (χ3v) is 2.61. The molecule has 0 aliphatic heterocycles. The van der Waals surface area contributed by atoms with E-state index in [9.17, 15) is 4.79 Å². The van der Waals surface area contributed by atoms with Crippen molar-refractivity contribution in [2.75, 3.05) is 0 Å². The second-order valence-electron chi connectivity index (χ2n) is 4.91. The van der Waals surface area contributed by atoms with Crippen LogP contribution in [0.15, 0.2) is 23.8 Å². The minimum atomic E-state index is -0.407. The summed E-state index contributed by atoms with van der Waals surface area (Å²) in [5, 5.41) is -0.407. The zero-order valence-electron chi connectivity index (χ0n) is 10.8. The zero-order valence-corrected chi connectivity index (χ0v) is 11.6. The van der Waals surface area contributed by atoms with Gasteiger partial charge in [0.05, 0.1) is 0 Å². The summed E-state index contributed by atoms with van der Waals surface area (Å²) in [7, 11) is 0. The van der Waals surface area contributed by atoms with Crippen molar-refractivity contribution in [2.45, 2.75) is 47.0 Å². The van der Waals surface area contributed by atoms with Crippen LogP contribution >= 0.6 is 11.6 Å². The number of allylic oxidation sites excluding steroid dienone is 4. The number of carbonyl (C=O) groups is 1. The van der Waals surface area contributed by atoms with E-state index in [1.807, 2.05) is 13.0 Å². The summed E-state index contributed by atoms with van der Waals surface area (Å²) < 4.78 is 0. The molecule has 0 aliphatic carbocycles. The molecule has 0 amide bonds. The first-order valence-corrected chi connectivity index (χ1v) is 6.34. The molecule has 0 saturated carbocycles. The zero-order chi connectivity index (χ0) is 12.6. The van der Waals surface area contributed by atoms with Crippen molar-refractivity contribution in [3.63, 3.8) is 0 Å². The maximum atomic E-state index is 10.6. The van der Waals surface area contributed by atoms with Gasteiger partial charge in [0.2, 0.25) is 5.24 Å². The van der Waals surface area contributed by atoms with Crippen LogP contribution in [0.4, 0.5) is 0 Å². The molecule has 16 heavy (non-hydrogen) atoms. The second kappa shape index (κ2) is 8.58. The largest absolute Gasteiger partial charge is 0.276 e. The molecule has 0 aliphatic rings. The fraction of sp³-hybridized carbons (Fsp3) is 0.643. The molecule has 0 rings (SSSR count). The molecule has 0 N–H and O–H groups in total. The van der Waals surface area contributed by atoms with Crippen molar-refractivity contribution in [3.05, 3.63) is 23.8 Å². The van der Waals surface area contributed by atoms with Gasteiger partial charge in [0, 0.05) is 6.08 Å². The van der Waals surface area contributed by atoms with Gasteiger partial charge in [-0.15, -0.1) is 0 Å². The molecule has 0 aromatic rings. The van der Waals surface area contributed by atoms with Gasteiger partial charge in [-0.05, 0) is 42.4 Å². The summed E-state index contributed by atoms with van der Waals surface area (Å²) in [6.45, 7) is 8.65. The smallest absolute Gasteiger partial charge is 0.245 e. The monoisotopic (exact) mass is 242 g/mol. The summed E-state index contributed by atoms with van der Waals surface area (Å²) in [6, 6.07) is 0. The molecule has 2 heteroatoms. The minimum absolute atomic E-state index is 0.407. The Morgan fingerprint density at radius 2 is 1.88 bits per heavy atom. The summed E-state index contributed by atoms with van der Waals surface area (Å²) in [4.78, 5) is 10.6. The maximum absolute atomic E-state index is 10.6. The lowest BCUT2D eigenvalue weighted by atomic mass is 9.96. The predicted molar refractivity (Wildman–Crippen MR) is 71.6 cm³/mol. The quantitative estimate of drug-likeness (QED) is 0.359. The topological polar surface area (TPSA) is 17.1 Å². The van der Waals surface area contributed by atoms with Crippen LogP contribution in [-0.4, -0.2) is 5.24 Å². The van der Waals surface area contributed by atoms with Crippen molar-refractivity contribution >= 4 is 16.8 Å². The van der Waals surface area contributed by atoms with Crippen molar-refractivity contribution < 1.29 is 4.79 Å². The Morgan fingerprint density at radius 3 is 2.38 bits per heavy atom. The van der Waals surface area contributed by atoms with Crippen LogP contribution in [0.3, 0.4) is 0 Å². The fourth-order valence-electron chi connectivity index (χ4n) is 1.45. The average molecular weight is 243 g/mol. The molecular formula is C14H23ClO. The highest BCUT2D eigenvalue weighted by Gasteiger charge is 2.01. The van der Waals surface area contributed by atoms with Crippen LogP contribution < -0.4 is 0 Å². The average Bonchev–Trinajstić information content (AvgIpc) is 2.13. The molecule has 0 saturated heterocycles. The van der Waals surface area contributed by atoms with Gasteiger partial charge < -0.3 is 0 Å². The predicted octanol–water partition coefficient (Wildman–Crippen LogP) is 4.72. The molecule has 0 heterocycles. The summed E-state index contributed by atoms with van der Waals surface area (Å²) in [6.07, 6.45) is 9.14. The fourth-order valence-corrected chi connectivity index (χ4v) is 1.62. The van der Waals surface area contributed by atoms with Gasteiger partial charge in [-0.2, -0.15) is 0 Å². The van der Waals surface area contributed by atoms with Crippen molar-refractivity contribution in [1.29, 1.82) is 0 Å². The Bertz CT molecular complexity index is 264. The van der Waals surface area contributed by atoms with E-state index < -0.39 is 5.24 Å². The minimum Gasteiger partial charge on any atom is -0.276 e. The molecule has 92 valence electrons. The third kappa shape index (κ3) is 9.97. The molecule has 0 aromatic heterocycles. The first-order chi connectivity index (χ1) is 7.41. The number of hydrogen-bond donors (Lipinski definition) is 0. The van der Waals surface area contributed by atoms with E-state index in [-0.39, 0.29) is 0 Å². The molecule has 0 aromatic carbocycles. The van der Waals surface area contributed by atoms with Crippen LogP contribution in [0.5, 0.6) is 0 Å². The lowest BCUT2D eigenvalue weighted by Crippen LogP contribution is -1.96. The Balaban J connectivity index is 3.86. The van der Waals surface area contributed by atoms with E-state index in [1.165, 1.54) is 18.9 Å². The van der Waals surface area contributed by atoms with Crippen LogP contribution in [0.1, 0.15) is 47.0 Å². The standard InChI is InChI=1S/C14H23ClO/c1-11(2)8-9-12(3)6-5-7-13(4)10-14(15)16/h5,7,10-12H,6,8-9H2,1-4H3. The number of halogens is 1. The summed E-state index contributed by atoms with van der Waals surface area (Å²) in [5.41, 5.74) is 0.913. The number of carbonyl (C=O) groups excluding carboxylic acids is 1. The van der Waals surface area contributed by atoms with E-state index >= 15 is 0 Å². The van der Waals surface area contributed by atoms with Gasteiger partial charge in [0.15, 0.2) is 0 Å². The number of rotatable bonds is 7. The molecule has 1 nitrogen and oxygen atoms in total.